The molecular weight excluding hydrogens is 322 g/mol. The Morgan fingerprint density at radius 1 is 1.17 bits per heavy atom. The van der Waals surface area contributed by atoms with Gasteiger partial charge < -0.3 is 4.74 Å². The highest BCUT2D eigenvalue weighted by atomic mass is 32.2. The first-order valence-corrected chi connectivity index (χ1v) is 9.72. The average molecular weight is 345 g/mol. The van der Waals surface area contributed by atoms with Crippen molar-refractivity contribution in [1.29, 1.82) is 0 Å². The number of aryl methyl sites for hydroxylation is 1. The van der Waals surface area contributed by atoms with Gasteiger partial charge in [-0.1, -0.05) is 43.3 Å². The highest BCUT2D eigenvalue weighted by Gasteiger charge is 2.34. The van der Waals surface area contributed by atoms with Crippen LogP contribution in [0.4, 0.5) is 0 Å². The Balaban J connectivity index is 1.89. The lowest BCUT2D eigenvalue weighted by Crippen LogP contribution is -2.29. The predicted octanol–water partition coefficient (Wildman–Crippen LogP) is 3.44. The first-order chi connectivity index (χ1) is 11.6. The highest BCUT2D eigenvalue weighted by Crippen LogP contribution is 2.34. The standard InChI is InChI=1S/C19H23NO3S/c1-3-15-9-10-18(23-2)19(13-15)24(21,22)20-12-11-17(14-20)16-7-5-4-6-8-16/h4-10,13,17H,3,11-12,14H2,1-2H3. The number of hydrogen-bond donors (Lipinski definition) is 0. The SMILES string of the molecule is CCc1ccc(OC)c(S(=O)(=O)N2CCC(c3ccccc3)C2)c1. The summed E-state index contributed by atoms with van der Waals surface area (Å²) < 4.78 is 33.1. The lowest BCUT2D eigenvalue weighted by atomic mass is 9.99. The van der Waals surface area contributed by atoms with Crippen LogP contribution in [0.3, 0.4) is 0 Å². The van der Waals surface area contributed by atoms with Crippen LogP contribution in [0.2, 0.25) is 0 Å². The number of sulfonamides is 1. The molecule has 1 aliphatic rings. The topological polar surface area (TPSA) is 46.6 Å². The molecule has 1 aliphatic heterocycles. The zero-order valence-corrected chi connectivity index (χ0v) is 14.9. The minimum absolute atomic E-state index is 0.251. The maximum atomic E-state index is 13.1. The Labute approximate surface area is 144 Å². The van der Waals surface area contributed by atoms with E-state index in [4.69, 9.17) is 4.74 Å². The number of ether oxygens (including phenoxy) is 1. The van der Waals surface area contributed by atoms with Crippen molar-refractivity contribution in [3.05, 3.63) is 59.7 Å². The molecule has 0 N–H and O–H groups in total. The van der Waals surface area contributed by atoms with Crippen LogP contribution in [0.1, 0.15) is 30.4 Å². The van der Waals surface area contributed by atoms with Gasteiger partial charge in [0.25, 0.3) is 0 Å². The molecule has 2 aromatic carbocycles. The van der Waals surface area contributed by atoms with Crippen LogP contribution in [0.5, 0.6) is 5.75 Å². The summed E-state index contributed by atoms with van der Waals surface area (Å²) >= 11 is 0. The quantitative estimate of drug-likeness (QED) is 0.834. The molecule has 0 aliphatic carbocycles. The van der Waals surface area contributed by atoms with E-state index in [1.54, 1.807) is 16.4 Å². The summed E-state index contributed by atoms with van der Waals surface area (Å²) in [5, 5.41) is 0. The average Bonchev–Trinajstić information content (AvgIpc) is 3.13. The number of benzene rings is 2. The molecule has 0 spiro atoms. The van der Waals surface area contributed by atoms with E-state index in [1.165, 1.54) is 12.7 Å². The van der Waals surface area contributed by atoms with Gasteiger partial charge in [0.1, 0.15) is 10.6 Å². The first kappa shape index (κ1) is 17.0. The Bertz CT molecular complexity index is 803. The molecule has 0 aromatic heterocycles. The second-order valence-electron chi connectivity index (χ2n) is 6.10. The summed E-state index contributed by atoms with van der Waals surface area (Å²) in [4.78, 5) is 0.276. The summed E-state index contributed by atoms with van der Waals surface area (Å²) in [7, 11) is -2.04. The van der Waals surface area contributed by atoms with Crippen LogP contribution >= 0.6 is 0 Å². The van der Waals surface area contributed by atoms with Gasteiger partial charge in [0.05, 0.1) is 7.11 Å². The molecule has 0 amide bonds. The van der Waals surface area contributed by atoms with E-state index in [0.29, 0.717) is 18.8 Å². The van der Waals surface area contributed by atoms with Crippen LogP contribution in [0, 0.1) is 0 Å². The van der Waals surface area contributed by atoms with Crippen molar-refractivity contribution in [2.75, 3.05) is 20.2 Å². The molecular formula is C19H23NO3S. The molecule has 128 valence electrons. The maximum absolute atomic E-state index is 13.1. The molecule has 24 heavy (non-hydrogen) atoms. The third-order valence-corrected chi connectivity index (χ3v) is 6.56. The molecule has 1 unspecified atom stereocenters. The second-order valence-corrected chi connectivity index (χ2v) is 8.00. The minimum atomic E-state index is -3.55. The molecule has 1 fully saturated rings. The van der Waals surface area contributed by atoms with Crippen molar-refractivity contribution in [1.82, 2.24) is 4.31 Å². The fourth-order valence-corrected chi connectivity index (χ4v) is 4.93. The monoisotopic (exact) mass is 345 g/mol. The van der Waals surface area contributed by atoms with Gasteiger partial charge in [0, 0.05) is 13.1 Å². The van der Waals surface area contributed by atoms with E-state index >= 15 is 0 Å². The third kappa shape index (κ3) is 3.19. The molecule has 0 bridgehead atoms. The third-order valence-electron chi connectivity index (χ3n) is 4.68. The van der Waals surface area contributed by atoms with E-state index in [9.17, 15) is 8.42 Å². The van der Waals surface area contributed by atoms with Crippen molar-refractivity contribution >= 4 is 10.0 Å². The Morgan fingerprint density at radius 2 is 1.92 bits per heavy atom. The van der Waals surface area contributed by atoms with Gasteiger partial charge in [0.15, 0.2) is 0 Å². The summed E-state index contributed by atoms with van der Waals surface area (Å²) in [6.45, 7) is 3.08. The molecule has 1 heterocycles. The number of methoxy groups -OCH3 is 1. The van der Waals surface area contributed by atoms with Crippen molar-refractivity contribution < 1.29 is 13.2 Å². The van der Waals surface area contributed by atoms with E-state index in [0.717, 1.165) is 18.4 Å². The van der Waals surface area contributed by atoms with Gasteiger partial charge in [-0.25, -0.2) is 8.42 Å². The van der Waals surface area contributed by atoms with Crippen LogP contribution in [0.15, 0.2) is 53.4 Å². The summed E-state index contributed by atoms with van der Waals surface area (Å²) in [6.07, 6.45) is 1.64. The Morgan fingerprint density at radius 3 is 2.58 bits per heavy atom. The number of nitrogens with zero attached hydrogens (tertiary/aromatic N) is 1. The molecule has 3 rings (SSSR count). The second kappa shape index (κ2) is 6.95. The van der Waals surface area contributed by atoms with Gasteiger partial charge in [-0.3, -0.25) is 0 Å². The number of hydrogen-bond acceptors (Lipinski definition) is 3. The van der Waals surface area contributed by atoms with E-state index in [1.807, 2.05) is 31.2 Å². The zero-order chi connectivity index (χ0) is 17.2. The maximum Gasteiger partial charge on any atom is 0.246 e. The molecule has 5 heteroatoms. The normalized spacial score (nSPS) is 18.7. The molecule has 0 radical (unpaired) electrons. The Kier molecular flexibility index (Phi) is 4.92. The van der Waals surface area contributed by atoms with Gasteiger partial charge in [-0.2, -0.15) is 4.31 Å². The molecule has 2 aromatic rings. The summed E-state index contributed by atoms with van der Waals surface area (Å²) in [6, 6.07) is 15.5. The first-order valence-electron chi connectivity index (χ1n) is 8.28. The number of rotatable bonds is 5. The van der Waals surface area contributed by atoms with Gasteiger partial charge >= 0.3 is 0 Å². The van der Waals surface area contributed by atoms with Crippen molar-refractivity contribution in [3.8, 4) is 5.75 Å². The van der Waals surface area contributed by atoms with Crippen LogP contribution in [-0.2, 0) is 16.4 Å². The van der Waals surface area contributed by atoms with Crippen molar-refractivity contribution in [2.45, 2.75) is 30.6 Å². The lowest BCUT2D eigenvalue weighted by molar-refractivity contribution is 0.398. The van der Waals surface area contributed by atoms with Crippen LogP contribution < -0.4 is 4.74 Å². The van der Waals surface area contributed by atoms with E-state index in [2.05, 4.69) is 12.1 Å². The molecule has 1 atom stereocenters. The van der Waals surface area contributed by atoms with E-state index in [-0.39, 0.29) is 10.8 Å². The van der Waals surface area contributed by atoms with Crippen LogP contribution in [0.25, 0.3) is 0 Å². The van der Waals surface area contributed by atoms with Gasteiger partial charge in [-0.05, 0) is 42.0 Å². The highest BCUT2D eigenvalue weighted by molar-refractivity contribution is 7.89. The van der Waals surface area contributed by atoms with Crippen LogP contribution in [-0.4, -0.2) is 32.9 Å². The van der Waals surface area contributed by atoms with E-state index < -0.39 is 10.0 Å². The smallest absolute Gasteiger partial charge is 0.246 e. The predicted molar refractivity (Wildman–Crippen MR) is 94.9 cm³/mol. The molecule has 0 saturated carbocycles. The van der Waals surface area contributed by atoms with Gasteiger partial charge in [-0.15, -0.1) is 0 Å². The summed E-state index contributed by atoms with van der Waals surface area (Å²) in [5.41, 5.74) is 2.19. The lowest BCUT2D eigenvalue weighted by Gasteiger charge is -2.19. The largest absolute Gasteiger partial charge is 0.495 e. The van der Waals surface area contributed by atoms with Crippen molar-refractivity contribution in [3.63, 3.8) is 0 Å². The fraction of sp³-hybridized carbons (Fsp3) is 0.368. The van der Waals surface area contributed by atoms with Crippen molar-refractivity contribution in [2.24, 2.45) is 0 Å². The minimum Gasteiger partial charge on any atom is -0.495 e. The van der Waals surface area contributed by atoms with Gasteiger partial charge in [0.2, 0.25) is 10.0 Å². The molecule has 4 nitrogen and oxygen atoms in total. The Hall–Kier alpha value is -1.85. The zero-order valence-electron chi connectivity index (χ0n) is 14.1. The molecule has 1 saturated heterocycles. The fourth-order valence-electron chi connectivity index (χ4n) is 3.23. The summed E-state index contributed by atoms with van der Waals surface area (Å²) in [5.74, 6) is 0.664.